The van der Waals surface area contributed by atoms with Gasteiger partial charge in [0.2, 0.25) is 0 Å². The largest absolute Gasteiger partial charge is 0.329 e. The molecular weight excluding hydrogens is 200 g/mol. The average molecular weight is 228 g/mol. The number of nitrogens with zero attached hydrogens (tertiary/aromatic N) is 3. The van der Waals surface area contributed by atoms with E-state index in [0.29, 0.717) is 6.04 Å². The number of hydrogen-bond donors (Lipinski definition) is 1. The van der Waals surface area contributed by atoms with Crippen molar-refractivity contribution in [3.8, 4) is 0 Å². The third-order valence-electron chi connectivity index (χ3n) is 3.67. The minimum absolute atomic E-state index is 0.526. The van der Waals surface area contributed by atoms with Gasteiger partial charge >= 0.3 is 0 Å². The van der Waals surface area contributed by atoms with Gasteiger partial charge in [-0.1, -0.05) is 13.8 Å². The van der Waals surface area contributed by atoms with Crippen LogP contribution in [-0.2, 0) is 0 Å². The van der Waals surface area contributed by atoms with E-state index in [2.05, 4.69) is 35.6 Å². The third kappa shape index (κ3) is 4.01. The van der Waals surface area contributed by atoms with Gasteiger partial charge in [0, 0.05) is 45.3 Å². The SMILES string of the molecule is CCN(CC)C(CN)CN1CCN(C)CC1. The fourth-order valence-corrected chi connectivity index (χ4v) is 2.41. The molecular formula is C12H28N4. The molecule has 1 unspecified atom stereocenters. The van der Waals surface area contributed by atoms with E-state index in [1.165, 1.54) is 26.2 Å². The molecule has 4 heteroatoms. The second-order valence-corrected chi connectivity index (χ2v) is 4.71. The highest BCUT2D eigenvalue weighted by molar-refractivity contribution is 4.78. The molecule has 1 saturated heterocycles. The Hall–Kier alpha value is -0.160. The van der Waals surface area contributed by atoms with Crippen molar-refractivity contribution in [2.45, 2.75) is 19.9 Å². The van der Waals surface area contributed by atoms with Gasteiger partial charge in [-0.05, 0) is 20.1 Å². The Balaban J connectivity index is 2.37. The summed E-state index contributed by atoms with van der Waals surface area (Å²) >= 11 is 0. The Bertz CT molecular complexity index is 174. The number of nitrogens with two attached hydrogens (primary N) is 1. The molecule has 1 heterocycles. The van der Waals surface area contributed by atoms with Gasteiger partial charge in [-0.15, -0.1) is 0 Å². The molecule has 0 bridgehead atoms. The van der Waals surface area contributed by atoms with Crippen molar-refractivity contribution in [3.63, 3.8) is 0 Å². The smallest absolute Gasteiger partial charge is 0.0345 e. The Morgan fingerprint density at radius 1 is 1.12 bits per heavy atom. The molecule has 4 nitrogen and oxygen atoms in total. The van der Waals surface area contributed by atoms with Gasteiger partial charge in [0.05, 0.1) is 0 Å². The van der Waals surface area contributed by atoms with Crippen LogP contribution in [0.1, 0.15) is 13.8 Å². The predicted octanol–water partition coefficient (Wildman–Crippen LogP) is -0.0971. The minimum Gasteiger partial charge on any atom is -0.329 e. The van der Waals surface area contributed by atoms with Crippen LogP contribution in [0.5, 0.6) is 0 Å². The summed E-state index contributed by atoms with van der Waals surface area (Å²) in [5, 5.41) is 0. The van der Waals surface area contributed by atoms with Gasteiger partial charge in [-0.3, -0.25) is 9.80 Å². The molecule has 1 aliphatic rings. The van der Waals surface area contributed by atoms with E-state index in [1.54, 1.807) is 0 Å². The standard InChI is InChI=1S/C12H28N4/c1-4-16(5-2)12(10-13)11-15-8-6-14(3)7-9-15/h12H,4-11,13H2,1-3H3. The van der Waals surface area contributed by atoms with Crippen LogP contribution < -0.4 is 5.73 Å². The lowest BCUT2D eigenvalue weighted by Gasteiger charge is -2.37. The fourth-order valence-electron chi connectivity index (χ4n) is 2.41. The van der Waals surface area contributed by atoms with Crippen molar-refractivity contribution >= 4 is 0 Å². The molecule has 0 radical (unpaired) electrons. The van der Waals surface area contributed by atoms with E-state index in [9.17, 15) is 0 Å². The molecule has 96 valence electrons. The molecule has 0 aromatic heterocycles. The van der Waals surface area contributed by atoms with Gasteiger partial charge in [0.25, 0.3) is 0 Å². The van der Waals surface area contributed by atoms with E-state index >= 15 is 0 Å². The zero-order valence-corrected chi connectivity index (χ0v) is 11.2. The first-order chi connectivity index (χ1) is 7.71. The molecule has 0 aromatic rings. The van der Waals surface area contributed by atoms with Crippen LogP contribution in [0.15, 0.2) is 0 Å². The summed E-state index contributed by atoms with van der Waals surface area (Å²) in [7, 11) is 2.20. The van der Waals surface area contributed by atoms with Gasteiger partial charge in [0.1, 0.15) is 0 Å². The first-order valence-corrected chi connectivity index (χ1v) is 6.56. The van der Waals surface area contributed by atoms with Crippen molar-refractivity contribution in [3.05, 3.63) is 0 Å². The van der Waals surface area contributed by atoms with E-state index in [-0.39, 0.29) is 0 Å². The number of hydrogen-bond acceptors (Lipinski definition) is 4. The molecule has 1 fully saturated rings. The summed E-state index contributed by atoms with van der Waals surface area (Å²) in [5.41, 5.74) is 5.89. The van der Waals surface area contributed by atoms with Gasteiger partial charge < -0.3 is 10.6 Å². The third-order valence-corrected chi connectivity index (χ3v) is 3.67. The molecule has 16 heavy (non-hydrogen) atoms. The van der Waals surface area contributed by atoms with E-state index in [0.717, 1.165) is 26.2 Å². The topological polar surface area (TPSA) is 35.7 Å². The summed E-state index contributed by atoms with van der Waals surface area (Å²) in [6.07, 6.45) is 0. The van der Waals surface area contributed by atoms with Gasteiger partial charge in [-0.2, -0.15) is 0 Å². The summed E-state index contributed by atoms with van der Waals surface area (Å²) < 4.78 is 0. The normalized spacial score (nSPS) is 21.6. The molecule has 1 atom stereocenters. The highest BCUT2D eigenvalue weighted by Crippen LogP contribution is 2.04. The number of piperazine rings is 1. The van der Waals surface area contributed by atoms with Crippen LogP contribution in [-0.4, -0.2) is 80.1 Å². The maximum Gasteiger partial charge on any atom is 0.0345 e. The predicted molar refractivity (Wildman–Crippen MR) is 69.7 cm³/mol. The Morgan fingerprint density at radius 3 is 2.12 bits per heavy atom. The van der Waals surface area contributed by atoms with E-state index in [1.807, 2.05) is 0 Å². The lowest BCUT2D eigenvalue weighted by molar-refractivity contribution is 0.107. The quantitative estimate of drug-likeness (QED) is 0.689. The molecule has 0 saturated carbocycles. The van der Waals surface area contributed by atoms with Crippen molar-refractivity contribution in [2.75, 3.05) is 59.4 Å². The van der Waals surface area contributed by atoms with Crippen LogP contribution in [0, 0.1) is 0 Å². The summed E-state index contributed by atoms with van der Waals surface area (Å²) in [6, 6.07) is 0.526. The van der Waals surface area contributed by atoms with Crippen molar-refractivity contribution < 1.29 is 0 Å². The van der Waals surface area contributed by atoms with Crippen molar-refractivity contribution in [1.29, 1.82) is 0 Å². The Morgan fingerprint density at radius 2 is 1.69 bits per heavy atom. The van der Waals surface area contributed by atoms with Gasteiger partial charge in [0.15, 0.2) is 0 Å². The van der Waals surface area contributed by atoms with Crippen LogP contribution >= 0.6 is 0 Å². The monoisotopic (exact) mass is 228 g/mol. The summed E-state index contributed by atoms with van der Waals surface area (Å²) in [4.78, 5) is 7.42. The molecule has 0 amide bonds. The van der Waals surface area contributed by atoms with Crippen LogP contribution in [0.4, 0.5) is 0 Å². The fraction of sp³-hybridized carbons (Fsp3) is 1.00. The molecule has 2 N–H and O–H groups in total. The molecule has 0 aliphatic carbocycles. The second-order valence-electron chi connectivity index (χ2n) is 4.71. The second kappa shape index (κ2) is 7.22. The zero-order valence-electron chi connectivity index (χ0n) is 11.2. The lowest BCUT2D eigenvalue weighted by Crippen LogP contribution is -2.52. The van der Waals surface area contributed by atoms with Gasteiger partial charge in [-0.25, -0.2) is 0 Å². The van der Waals surface area contributed by atoms with E-state index in [4.69, 9.17) is 5.73 Å². The average Bonchev–Trinajstić information content (AvgIpc) is 2.32. The Kier molecular flexibility index (Phi) is 6.28. The molecule has 1 aliphatic heterocycles. The highest BCUT2D eigenvalue weighted by atomic mass is 15.3. The highest BCUT2D eigenvalue weighted by Gasteiger charge is 2.20. The van der Waals surface area contributed by atoms with Crippen LogP contribution in [0.2, 0.25) is 0 Å². The van der Waals surface area contributed by atoms with E-state index < -0.39 is 0 Å². The van der Waals surface area contributed by atoms with Crippen LogP contribution in [0.3, 0.4) is 0 Å². The van der Waals surface area contributed by atoms with Crippen molar-refractivity contribution in [1.82, 2.24) is 14.7 Å². The summed E-state index contributed by atoms with van der Waals surface area (Å²) in [5.74, 6) is 0. The Labute approximate surface area is 100 Å². The maximum atomic E-state index is 5.89. The summed E-state index contributed by atoms with van der Waals surface area (Å²) in [6.45, 7) is 13.3. The molecule has 1 rings (SSSR count). The molecule has 0 spiro atoms. The zero-order chi connectivity index (χ0) is 12.0. The first-order valence-electron chi connectivity index (χ1n) is 6.56. The number of likely N-dealkylation sites (N-methyl/N-ethyl adjacent to an activating group) is 2. The maximum absolute atomic E-state index is 5.89. The molecule has 0 aromatic carbocycles. The van der Waals surface area contributed by atoms with Crippen LogP contribution in [0.25, 0.3) is 0 Å². The number of rotatable bonds is 6. The minimum atomic E-state index is 0.526. The lowest BCUT2D eigenvalue weighted by atomic mass is 10.2. The first kappa shape index (κ1) is 13.9. The van der Waals surface area contributed by atoms with Crippen molar-refractivity contribution in [2.24, 2.45) is 5.73 Å².